The zero-order valence-corrected chi connectivity index (χ0v) is 21.6. The lowest BCUT2D eigenvalue weighted by Crippen LogP contribution is -2.29. The van der Waals surface area contributed by atoms with Gasteiger partial charge in [0.1, 0.15) is 10.6 Å². The van der Waals surface area contributed by atoms with Gasteiger partial charge in [0, 0.05) is 0 Å². The number of rotatable bonds is 10. The Morgan fingerprint density at radius 3 is 1.63 bits per heavy atom. The molecule has 0 aromatic heterocycles. The van der Waals surface area contributed by atoms with Gasteiger partial charge in [-0.05, 0) is 48.9 Å². The van der Waals surface area contributed by atoms with Crippen LogP contribution in [-0.4, -0.2) is 40.7 Å². The molecule has 3 aromatic carbocycles. The molecule has 184 valence electrons. The van der Waals surface area contributed by atoms with E-state index in [-0.39, 0.29) is 16.0 Å². The topological polar surface area (TPSA) is 96.0 Å². The summed E-state index contributed by atoms with van der Waals surface area (Å²) in [7, 11) is -5.01. The van der Waals surface area contributed by atoms with Crippen molar-refractivity contribution in [2.75, 3.05) is 20.4 Å². The van der Waals surface area contributed by atoms with E-state index in [9.17, 15) is 18.0 Å². The molecule has 0 unspecified atom stereocenters. The number of carbonyl (C=O) groups excluding carboxylic acids is 2. The van der Waals surface area contributed by atoms with Crippen molar-refractivity contribution in [2.24, 2.45) is 0 Å². The van der Waals surface area contributed by atoms with E-state index >= 15 is 0 Å². The Bertz CT molecular complexity index is 1200. The van der Waals surface area contributed by atoms with Crippen LogP contribution in [0.25, 0.3) is 0 Å². The zero-order valence-electron chi connectivity index (χ0n) is 19.8. The van der Waals surface area contributed by atoms with Crippen molar-refractivity contribution in [3.8, 4) is 0 Å². The van der Waals surface area contributed by atoms with Gasteiger partial charge < -0.3 is 9.47 Å². The van der Waals surface area contributed by atoms with Crippen LogP contribution in [0, 0.1) is 0 Å². The van der Waals surface area contributed by atoms with Crippen LogP contribution >= 0.6 is 7.49 Å². The van der Waals surface area contributed by atoms with E-state index in [0.717, 1.165) is 35.6 Å². The highest BCUT2D eigenvalue weighted by atomic mass is 32.2. The fraction of sp³-hybridized carbons (Fsp3) is 0.231. The van der Waals surface area contributed by atoms with E-state index < -0.39 is 29.5 Å². The molecule has 9 heteroatoms. The van der Waals surface area contributed by atoms with Crippen LogP contribution in [0.1, 0.15) is 40.5 Å². The Hall–Kier alpha value is -3.06. The number of ether oxygens (including phenoxy) is 2. The zero-order chi connectivity index (χ0) is 25.5. The summed E-state index contributed by atoms with van der Waals surface area (Å²) in [5, 5.41) is 1.56. The van der Waals surface area contributed by atoms with Crippen molar-refractivity contribution >= 4 is 40.2 Å². The average molecular weight is 516 g/mol. The van der Waals surface area contributed by atoms with E-state index in [1.807, 2.05) is 67.6 Å². The second-order valence-corrected chi connectivity index (χ2v) is 12.7. The lowest BCUT2D eigenvalue weighted by molar-refractivity contribution is 0.0598. The summed E-state index contributed by atoms with van der Waals surface area (Å²) in [5.74, 6) is -1.57. The third kappa shape index (κ3) is 5.96. The predicted octanol–water partition coefficient (Wildman–Crippen LogP) is 4.35. The van der Waals surface area contributed by atoms with Crippen LogP contribution in [-0.2, 0) is 23.6 Å². The molecule has 3 aromatic rings. The summed E-state index contributed by atoms with van der Waals surface area (Å²) in [5.41, 5.74) is -0.205. The van der Waals surface area contributed by atoms with Gasteiger partial charge in [0.25, 0.3) is 0 Å². The lowest BCUT2D eigenvalue weighted by Gasteiger charge is -2.25. The molecule has 0 heterocycles. The Morgan fingerprint density at radius 2 is 1.23 bits per heavy atom. The van der Waals surface area contributed by atoms with Gasteiger partial charge >= 0.3 is 22.1 Å². The van der Waals surface area contributed by atoms with Gasteiger partial charge in [-0.2, -0.15) is 8.42 Å². The molecule has 0 radical (unpaired) electrons. The summed E-state index contributed by atoms with van der Waals surface area (Å²) < 4.78 is 43.3. The SMILES string of the molecule is CCCC[P+](OS(=O)(=O)c1cc(C(=O)OC)cc(C(=O)OC)c1)(c1ccccc1)c1ccccc1. The standard InChI is InChI=1S/C26H28O7PS/c1-4-5-16-34(22-12-8-6-9-13-22,23-14-10-7-11-15-23)33-35(29,30)24-18-20(25(27)31-2)17-21(19-24)26(28)32-3/h6-15,17-19H,4-5,16H2,1-3H3/q+1. The number of benzene rings is 3. The molecule has 35 heavy (non-hydrogen) atoms. The average Bonchev–Trinajstić information content (AvgIpc) is 2.90. The number of hydrogen-bond donors (Lipinski definition) is 0. The summed E-state index contributed by atoms with van der Waals surface area (Å²) in [6.45, 7) is 2.03. The molecular weight excluding hydrogens is 487 g/mol. The first-order valence-electron chi connectivity index (χ1n) is 11.0. The second kappa shape index (κ2) is 11.6. The molecule has 0 spiro atoms. The fourth-order valence-electron chi connectivity index (χ4n) is 3.67. The monoisotopic (exact) mass is 515 g/mol. The van der Waals surface area contributed by atoms with Gasteiger partial charge in [-0.3, -0.25) is 0 Å². The normalized spacial score (nSPS) is 11.6. The smallest absolute Gasteiger partial charge is 0.337 e. The summed E-state index contributed by atoms with van der Waals surface area (Å²) in [6, 6.07) is 22.1. The van der Waals surface area contributed by atoms with Gasteiger partial charge in [0.2, 0.25) is 7.49 Å². The predicted molar refractivity (Wildman–Crippen MR) is 136 cm³/mol. The third-order valence-corrected chi connectivity index (χ3v) is 11.3. The minimum atomic E-state index is -4.44. The van der Waals surface area contributed by atoms with Crippen LogP contribution in [0.4, 0.5) is 0 Å². The first kappa shape index (κ1) is 26.5. The van der Waals surface area contributed by atoms with E-state index in [0.29, 0.717) is 6.16 Å². The van der Waals surface area contributed by atoms with Gasteiger partial charge in [-0.25, -0.2) is 9.59 Å². The molecule has 0 amide bonds. The molecule has 0 fully saturated rings. The van der Waals surface area contributed by atoms with Gasteiger partial charge in [-0.15, -0.1) is 0 Å². The molecule has 0 N–H and O–H groups in total. The number of methoxy groups -OCH3 is 2. The number of carbonyl (C=O) groups is 2. The molecule has 0 aliphatic carbocycles. The Morgan fingerprint density at radius 1 is 0.771 bits per heavy atom. The highest BCUT2D eigenvalue weighted by Gasteiger charge is 2.50. The van der Waals surface area contributed by atoms with Gasteiger partial charge in [-0.1, -0.05) is 53.7 Å². The van der Waals surface area contributed by atoms with E-state index in [4.69, 9.17) is 13.4 Å². The molecule has 7 nitrogen and oxygen atoms in total. The molecule has 0 saturated carbocycles. The fourth-order valence-corrected chi connectivity index (χ4v) is 9.77. The third-order valence-electron chi connectivity index (χ3n) is 5.44. The van der Waals surface area contributed by atoms with Crippen molar-refractivity contribution in [1.82, 2.24) is 0 Å². The minimum Gasteiger partial charge on any atom is -0.465 e. The van der Waals surface area contributed by atoms with Crippen molar-refractivity contribution in [2.45, 2.75) is 24.7 Å². The molecule has 0 aliphatic heterocycles. The Balaban J connectivity index is 2.22. The van der Waals surface area contributed by atoms with Crippen molar-refractivity contribution in [3.05, 3.63) is 90.0 Å². The molecule has 0 atom stereocenters. The molecular formula is C26H28O7PS+. The second-order valence-electron chi connectivity index (χ2n) is 7.75. The Labute approximate surface area is 206 Å². The molecule has 0 aliphatic rings. The number of unbranched alkanes of at least 4 members (excludes halogenated alkanes) is 1. The van der Waals surface area contributed by atoms with E-state index in [1.54, 1.807) is 0 Å². The van der Waals surface area contributed by atoms with Gasteiger partial charge in [0.15, 0.2) is 0 Å². The van der Waals surface area contributed by atoms with Crippen LogP contribution in [0.2, 0.25) is 0 Å². The minimum absolute atomic E-state index is 0.102. The summed E-state index contributed by atoms with van der Waals surface area (Å²) >= 11 is 0. The van der Waals surface area contributed by atoms with E-state index in [2.05, 4.69) is 0 Å². The molecule has 0 bridgehead atoms. The van der Waals surface area contributed by atoms with Crippen LogP contribution in [0.5, 0.6) is 0 Å². The summed E-state index contributed by atoms with van der Waals surface area (Å²) in [6.07, 6.45) is 2.08. The Kier molecular flexibility index (Phi) is 8.78. The highest BCUT2D eigenvalue weighted by Crippen LogP contribution is 2.60. The van der Waals surface area contributed by atoms with Crippen LogP contribution in [0.15, 0.2) is 83.8 Å². The largest absolute Gasteiger partial charge is 0.465 e. The first-order valence-corrected chi connectivity index (χ1v) is 14.3. The highest BCUT2D eigenvalue weighted by molar-refractivity contribution is 7.98. The maximum Gasteiger partial charge on any atom is 0.337 e. The van der Waals surface area contributed by atoms with Crippen molar-refractivity contribution in [1.29, 1.82) is 0 Å². The maximum absolute atomic E-state index is 13.8. The lowest BCUT2D eigenvalue weighted by atomic mass is 10.1. The molecule has 3 rings (SSSR count). The number of esters is 2. The summed E-state index contributed by atoms with van der Waals surface area (Å²) in [4.78, 5) is 24.1. The quantitative estimate of drug-likeness (QED) is 0.293. The van der Waals surface area contributed by atoms with Crippen LogP contribution in [0.3, 0.4) is 0 Å². The van der Waals surface area contributed by atoms with Crippen LogP contribution < -0.4 is 10.6 Å². The van der Waals surface area contributed by atoms with Crippen molar-refractivity contribution in [3.63, 3.8) is 0 Å². The van der Waals surface area contributed by atoms with Gasteiger partial charge in [0.05, 0.1) is 36.4 Å². The maximum atomic E-state index is 13.8. The number of hydrogen-bond acceptors (Lipinski definition) is 7. The first-order chi connectivity index (χ1) is 16.8. The van der Waals surface area contributed by atoms with Crippen molar-refractivity contribution < 1.29 is 31.5 Å². The molecule has 0 saturated heterocycles. The van der Waals surface area contributed by atoms with E-state index in [1.165, 1.54) is 20.3 Å².